The van der Waals surface area contributed by atoms with Gasteiger partial charge in [-0.25, -0.2) is 0 Å². The Morgan fingerprint density at radius 2 is 1.80 bits per heavy atom. The van der Waals surface area contributed by atoms with Crippen LogP contribution in [0.2, 0.25) is 0 Å². The number of nitrogens with zero attached hydrogens (tertiary/aromatic N) is 2. The van der Waals surface area contributed by atoms with Crippen LogP contribution in [0.1, 0.15) is 31.9 Å². The molecule has 0 saturated heterocycles. The lowest BCUT2D eigenvalue weighted by Crippen LogP contribution is -2.11. The van der Waals surface area contributed by atoms with Gasteiger partial charge in [0, 0.05) is 10.4 Å². The average Bonchev–Trinajstić information content (AvgIpc) is 2.73. The van der Waals surface area contributed by atoms with E-state index in [0.29, 0.717) is 21.7 Å². The van der Waals surface area contributed by atoms with Crippen molar-refractivity contribution in [1.82, 2.24) is 0 Å². The highest BCUT2D eigenvalue weighted by atomic mass is 32.1. The Morgan fingerprint density at radius 1 is 1.15 bits per heavy atom. The molecule has 0 radical (unpaired) electrons. The molecule has 0 saturated carbocycles. The Bertz CT molecular complexity index is 745. The van der Waals surface area contributed by atoms with Crippen LogP contribution in [-0.4, -0.2) is 5.91 Å². The van der Waals surface area contributed by atoms with E-state index in [1.54, 1.807) is 24.3 Å². The summed E-state index contributed by atoms with van der Waals surface area (Å²) >= 11 is 1.39. The van der Waals surface area contributed by atoms with Crippen molar-refractivity contribution in [1.29, 1.82) is 10.5 Å². The van der Waals surface area contributed by atoms with E-state index in [1.807, 2.05) is 19.9 Å². The smallest absolute Gasteiger partial charge is 0.256 e. The highest BCUT2D eigenvalue weighted by Crippen LogP contribution is 2.31. The van der Waals surface area contributed by atoms with Gasteiger partial charge in [-0.2, -0.15) is 10.5 Å². The van der Waals surface area contributed by atoms with E-state index in [-0.39, 0.29) is 5.91 Å². The first-order chi connectivity index (χ1) is 9.56. The molecule has 20 heavy (non-hydrogen) atoms. The van der Waals surface area contributed by atoms with Crippen molar-refractivity contribution in [3.63, 3.8) is 0 Å². The van der Waals surface area contributed by atoms with Crippen LogP contribution in [0, 0.1) is 36.5 Å². The molecular weight excluding hydrogens is 270 g/mol. The first kappa shape index (κ1) is 13.8. The third kappa shape index (κ3) is 2.54. The summed E-state index contributed by atoms with van der Waals surface area (Å²) < 4.78 is 0. The number of aryl methyl sites for hydroxylation is 1. The Balaban J connectivity index is 2.26. The molecule has 0 aliphatic heterocycles. The van der Waals surface area contributed by atoms with Gasteiger partial charge < -0.3 is 5.32 Å². The second kappa shape index (κ2) is 5.56. The van der Waals surface area contributed by atoms with E-state index >= 15 is 0 Å². The van der Waals surface area contributed by atoms with Gasteiger partial charge in [0.25, 0.3) is 5.91 Å². The van der Waals surface area contributed by atoms with Crippen LogP contribution >= 0.6 is 11.3 Å². The molecule has 0 spiro atoms. The molecule has 0 aliphatic rings. The van der Waals surface area contributed by atoms with Crippen molar-refractivity contribution >= 4 is 22.2 Å². The molecule has 0 bridgehead atoms. The fourth-order valence-corrected chi connectivity index (χ4v) is 2.73. The summed E-state index contributed by atoms with van der Waals surface area (Å²) in [6.07, 6.45) is 0. The molecule has 2 rings (SSSR count). The normalized spacial score (nSPS) is 9.60. The molecule has 5 heteroatoms. The van der Waals surface area contributed by atoms with Crippen molar-refractivity contribution in [2.45, 2.75) is 13.8 Å². The van der Waals surface area contributed by atoms with Crippen LogP contribution in [0.15, 0.2) is 24.3 Å². The first-order valence-electron chi connectivity index (χ1n) is 5.88. The summed E-state index contributed by atoms with van der Waals surface area (Å²) in [5.74, 6) is -0.285. The van der Waals surface area contributed by atoms with Gasteiger partial charge in [-0.1, -0.05) is 0 Å². The zero-order valence-corrected chi connectivity index (χ0v) is 11.8. The molecule has 1 aromatic heterocycles. The number of benzene rings is 1. The predicted octanol–water partition coefficient (Wildman–Crippen LogP) is 3.36. The van der Waals surface area contributed by atoms with Crippen LogP contribution < -0.4 is 5.32 Å². The number of thiophene rings is 1. The molecule has 1 N–H and O–H groups in total. The molecule has 2 aromatic rings. The van der Waals surface area contributed by atoms with Crippen molar-refractivity contribution in [3.8, 4) is 12.1 Å². The maximum atomic E-state index is 12.1. The number of nitriles is 2. The number of carbonyl (C=O) groups excluding carboxylic acids is 1. The van der Waals surface area contributed by atoms with E-state index in [9.17, 15) is 4.79 Å². The topological polar surface area (TPSA) is 76.7 Å². The van der Waals surface area contributed by atoms with Gasteiger partial charge in [0.05, 0.1) is 17.2 Å². The quantitative estimate of drug-likeness (QED) is 0.916. The number of anilines is 1. The summed E-state index contributed by atoms with van der Waals surface area (Å²) in [7, 11) is 0. The van der Waals surface area contributed by atoms with Gasteiger partial charge in [0.2, 0.25) is 0 Å². The van der Waals surface area contributed by atoms with Crippen LogP contribution in [0.25, 0.3) is 0 Å². The average molecular weight is 281 g/mol. The van der Waals surface area contributed by atoms with Gasteiger partial charge in [-0.15, -0.1) is 11.3 Å². The maximum absolute atomic E-state index is 12.1. The highest BCUT2D eigenvalue weighted by Gasteiger charge is 2.15. The monoisotopic (exact) mass is 281 g/mol. The van der Waals surface area contributed by atoms with Crippen LogP contribution in [0.4, 0.5) is 5.00 Å². The fraction of sp³-hybridized carbons (Fsp3) is 0.133. The Hall–Kier alpha value is -2.63. The standard InChI is InChI=1S/C15H11N3OS/c1-9-10(2)20-15(13(9)8-17)18-14(19)12-5-3-11(7-16)4-6-12/h3-6H,1-2H3,(H,18,19). The number of amides is 1. The summed E-state index contributed by atoms with van der Waals surface area (Å²) in [5, 5.41) is 21.2. The second-order valence-corrected chi connectivity index (χ2v) is 5.47. The predicted molar refractivity (Wildman–Crippen MR) is 77.6 cm³/mol. The molecule has 1 aromatic carbocycles. The molecular formula is C15H11N3OS. The van der Waals surface area contributed by atoms with Crippen LogP contribution in [-0.2, 0) is 0 Å². The third-order valence-corrected chi connectivity index (χ3v) is 4.12. The Labute approximate surface area is 120 Å². The maximum Gasteiger partial charge on any atom is 0.256 e. The van der Waals surface area contributed by atoms with E-state index in [2.05, 4.69) is 11.4 Å². The lowest BCUT2D eigenvalue weighted by Gasteiger charge is -2.03. The Kier molecular flexibility index (Phi) is 3.84. The second-order valence-electron chi connectivity index (χ2n) is 4.24. The molecule has 0 fully saturated rings. The van der Waals surface area contributed by atoms with Gasteiger partial charge in [0.15, 0.2) is 0 Å². The van der Waals surface area contributed by atoms with Gasteiger partial charge >= 0.3 is 0 Å². The largest absolute Gasteiger partial charge is 0.312 e. The minimum absolute atomic E-state index is 0.285. The summed E-state index contributed by atoms with van der Waals surface area (Å²) in [6.45, 7) is 3.78. The molecule has 4 nitrogen and oxygen atoms in total. The van der Waals surface area contributed by atoms with Crippen molar-refractivity contribution in [2.75, 3.05) is 5.32 Å². The molecule has 0 atom stereocenters. The van der Waals surface area contributed by atoms with Crippen molar-refractivity contribution < 1.29 is 4.79 Å². The first-order valence-corrected chi connectivity index (χ1v) is 6.70. The number of hydrogen-bond donors (Lipinski definition) is 1. The number of nitrogens with one attached hydrogen (secondary N) is 1. The molecule has 0 unspecified atom stereocenters. The SMILES string of the molecule is Cc1sc(NC(=O)c2ccc(C#N)cc2)c(C#N)c1C. The van der Waals surface area contributed by atoms with Crippen molar-refractivity contribution in [3.05, 3.63) is 51.4 Å². The van der Waals surface area contributed by atoms with Crippen LogP contribution in [0.3, 0.4) is 0 Å². The lowest BCUT2D eigenvalue weighted by atomic mass is 10.1. The molecule has 1 heterocycles. The summed E-state index contributed by atoms with van der Waals surface area (Å²) in [5.41, 5.74) is 2.36. The van der Waals surface area contributed by atoms with Crippen LogP contribution in [0.5, 0.6) is 0 Å². The molecule has 0 aliphatic carbocycles. The molecule has 1 amide bonds. The van der Waals surface area contributed by atoms with E-state index in [4.69, 9.17) is 10.5 Å². The van der Waals surface area contributed by atoms with E-state index in [1.165, 1.54) is 11.3 Å². The number of hydrogen-bond acceptors (Lipinski definition) is 4. The minimum Gasteiger partial charge on any atom is -0.312 e. The minimum atomic E-state index is -0.285. The number of rotatable bonds is 2. The zero-order chi connectivity index (χ0) is 14.7. The van der Waals surface area contributed by atoms with Gasteiger partial charge in [-0.05, 0) is 43.7 Å². The third-order valence-electron chi connectivity index (χ3n) is 3.00. The van der Waals surface area contributed by atoms with Crippen molar-refractivity contribution in [2.24, 2.45) is 0 Å². The summed E-state index contributed by atoms with van der Waals surface area (Å²) in [4.78, 5) is 13.1. The summed E-state index contributed by atoms with van der Waals surface area (Å²) in [6, 6.07) is 10.5. The Morgan fingerprint density at radius 3 is 2.35 bits per heavy atom. The zero-order valence-electron chi connectivity index (χ0n) is 11.0. The lowest BCUT2D eigenvalue weighted by molar-refractivity contribution is 0.102. The van der Waals surface area contributed by atoms with E-state index in [0.717, 1.165) is 10.4 Å². The highest BCUT2D eigenvalue weighted by molar-refractivity contribution is 7.16. The van der Waals surface area contributed by atoms with Gasteiger partial charge in [-0.3, -0.25) is 4.79 Å². The fourth-order valence-electron chi connectivity index (χ4n) is 1.72. The van der Waals surface area contributed by atoms with E-state index < -0.39 is 0 Å². The number of carbonyl (C=O) groups is 1. The van der Waals surface area contributed by atoms with Gasteiger partial charge in [0.1, 0.15) is 11.1 Å². The molecule has 98 valence electrons.